The second kappa shape index (κ2) is 10.4. The molecular weight excluding hydrogens is 440 g/mol. The van der Waals surface area contributed by atoms with Gasteiger partial charge in [0.2, 0.25) is 5.91 Å². The molecule has 2 amide bonds. The quantitative estimate of drug-likeness (QED) is 0.497. The number of benzene rings is 2. The number of carbonyl (C=O) groups is 2. The van der Waals surface area contributed by atoms with Crippen LogP contribution in [0.25, 0.3) is 10.9 Å². The van der Waals surface area contributed by atoms with Crippen LogP contribution in [0, 0.1) is 5.41 Å². The molecule has 1 fully saturated rings. The van der Waals surface area contributed by atoms with Crippen molar-refractivity contribution in [2.45, 2.75) is 25.8 Å². The Balaban J connectivity index is 1.26. The molecule has 0 aliphatic carbocycles. The van der Waals surface area contributed by atoms with Gasteiger partial charge in [-0.3, -0.25) is 14.5 Å². The number of hydrogen-bond donors (Lipinski definition) is 3. The van der Waals surface area contributed by atoms with Crippen LogP contribution >= 0.6 is 0 Å². The average molecular weight is 473 g/mol. The Morgan fingerprint density at radius 3 is 2.57 bits per heavy atom. The molecule has 2 aliphatic heterocycles. The summed E-state index contributed by atoms with van der Waals surface area (Å²) in [7, 11) is 0. The fourth-order valence-electron chi connectivity index (χ4n) is 5.10. The number of piperidine rings is 1. The molecule has 3 N–H and O–H groups in total. The van der Waals surface area contributed by atoms with Crippen molar-refractivity contribution >= 4 is 22.7 Å². The number of ether oxygens (including phenoxy) is 1. The minimum Gasteiger partial charge on any atom is -0.489 e. The third-order valence-corrected chi connectivity index (χ3v) is 7.20. The predicted octanol–water partition coefficient (Wildman–Crippen LogP) is 3.64. The maximum Gasteiger partial charge on any atom is 0.255 e. The van der Waals surface area contributed by atoms with Crippen LogP contribution in [-0.4, -0.2) is 54.5 Å². The molecule has 7 heteroatoms. The molecule has 5 rings (SSSR count). The van der Waals surface area contributed by atoms with Gasteiger partial charge in [0.25, 0.3) is 5.91 Å². The summed E-state index contributed by atoms with van der Waals surface area (Å²) >= 11 is 0. The average Bonchev–Trinajstić information content (AvgIpc) is 3.30. The highest BCUT2D eigenvalue weighted by molar-refractivity contribution is 5.97. The molecule has 182 valence electrons. The number of allylic oxidation sites excluding steroid dienone is 1. The zero-order valence-electron chi connectivity index (χ0n) is 19.9. The van der Waals surface area contributed by atoms with E-state index < -0.39 is 5.41 Å². The summed E-state index contributed by atoms with van der Waals surface area (Å²) in [5.41, 5.74) is 2.51. The largest absolute Gasteiger partial charge is 0.489 e. The molecule has 3 heterocycles. The fraction of sp³-hybridized carbons (Fsp3) is 0.357. The summed E-state index contributed by atoms with van der Waals surface area (Å²) in [5.74, 6) is 0.439. The molecule has 7 nitrogen and oxygen atoms in total. The molecule has 0 bridgehead atoms. The van der Waals surface area contributed by atoms with Gasteiger partial charge < -0.3 is 20.4 Å². The third-order valence-electron chi connectivity index (χ3n) is 7.20. The number of hydrogen-bond acceptors (Lipinski definition) is 4. The van der Waals surface area contributed by atoms with E-state index in [1.54, 1.807) is 12.1 Å². The SMILES string of the molecule is O=C1NCCNC(=O)C2(C/C=C/COc3ccccc31)CCN(Cc1c[nH]c3ccccc13)CC2. The van der Waals surface area contributed by atoms with Gasteiger partial charge in [0.15, 0.2) is 0 Å². The van der Waals surface area contributed by atoms with Crippen LogP contribution in [-0.2, 0) is 11.3 Å². The first kappa shape index (κ1) is 23.2. The standard InChI is InChI=1S/C28H32N4O3/c33-26-23-8-2-4-10-25(23)35-18-6-5-11-28(27(34)30-15-14-29-26)12-16-32(17-13-28)20-21-19-31-24-9-3-1-7-22(21)24/h1-10,19,31H,11-18,20H2,(H,29,33)(H,30,34)/b6-5+. The first-order valence-corrected chi connectivity index (χ1v) is 12.4. The molecule has 0 unspecified atom stereocenters. The molecule has 2 aliphatic rings. The molecule has 0 saturated carbocycles. The van der Waals surface area contributed by atoms with Crippen LogP contribution in [0.3, 0.4) is 0 Å². The first-order chi connectivity index (χ1) is 17.1. The first-order valence-electron chi connectivity index (χ1n) is 12.4. The lowest BCUT2D eigenvalue weighted by Crippen LogP contribution is -2.49. The van der Waals surface area contributed by atoms with Gasteiger partial charge in [-0.2, -0.15) is 0 Å². The number of aromatic amines is 1. The topological polar surface area (TPSA) is 86.5 Å². The Labute approximate surface area is 205 Å². The van der Waals surface area contributed by atoms with Gasteiger partial charge in [-0.05, 0) is 56.1 Å². The van der Waals surface area contributed by atoms with E-state index >= 15 is 0 Å². The van der Waals surface area contributed by atoms with E-state index in [-0.39, 0.29) is 11.8 Å². The zero-order chi connectivity index (χ0) is 24.1. The van der Waals surface area contributed by atoms with Crippen molar-refractivity contribution in [3.63, 3.8) is 0 Å². The van der Waals surface area contributed by atoms with Gasteiger partial charge in [-0.15, -0.1) is 0 Å². The highest BCUT2D eigenvalue weighted by atomic mass is 16.5. The molecule has 1 spiro atoms. The minimum absolute atomic E-state index is 0.0709. The Bertz CT molecular complexity index is 1220. The van der Waals surface area contributed by atoms with Gasteiger partial charge in [0.05, 0.1) is 11.0 Å². The number of likely N-dealkylation sites (tertiary alicyclic amines) is 1. The number of aromatic nitrogens is 1. The maximum atomic E-state index is 13.3. The van der Waals surface area contributed by atoms with Crippen LogP contribution in [0.1, 0.15) is 35.2 Å². The number of rotatable bonds is 2. The molecular formula is C28H32N4O3. The van der Waals surface area contributed by atoms with Crippen molar-refractivity contribution in [3.05, 3.63) is 78.0 Å². The molecule has 2 aromatic carbocycles. The summed E-state index contributed by atoms with van der Waals surface area (Å²) in [6.45, 7) is 3.73. The number of H-pyrrole nitrogens is 1. The van der Waals surface area contributed by atoms with Crippen LogP contribution in [0.5, 0.6) is 5.75 Å². The highest BCUT2D eigenvalue weighted by Crippen LogP contribution is 2.37. The Morgan fingerprint density at radius 2 is 1.69 bits per heavy atom. The van der Waals surface area contributed by atoms with E-state index in [4.69, 9.17) is 4.74 Å². The predicted molar refractivity (Wildman–Crippen MR) is 136 cm³/mol. The van der Waals surface area contributed by atoms with Crippen molar-refractivity contribution in [1.29, 1.82) is 0 Å². The number of carbonyl (C=O) groups excluding carboxylic acids is 2. The van der Waals surface area contributed by atoms with E-state index in [1.807, 2.05) is 24.3 Å². The normalized spacial score (nSPS) is 20.3. The zero-order valence-corrected chi connectivity index (χ0v) is 19.9. The van der Waals surface area contributed by atoms with Crippen molar-refractivity contribution in [3.8, 4) is 5.75 Å². The van der Waals surface area contributed by atoms with Crippen LogP contribution in [0.2, 0.25) is 0 Å². The molecule has 1 saturated heterocycles. The maximum absolute atomic E-state index is 13.3. The van der Waals surface area contributed by atoms with Gasteiger partial charge >= 0.3 is 0 Å². The summed E-state index contributed by atoms with van der Waals surface area (Å²) in [6.07, 6.45) is 8.37. The van der Waals surface area contributed by atoms with Gasteiger partial charge in [0.1, 0.15) is 12.4 Å². The number of amides is 2. The monoisotopic (exact) mass is 472 g/mol. The van der Waals surface area contributed by atoms with E-state index in [2.05, 4.69) is 51.0 Å². The summed E-state index contributed by atoms with van der Waals surface area (Å²) in [5, 5.41) is 7.23. The molecule has 0 radical (unpaired) electrons. The number of nitrogens with zero attached hydrogens (tertiary/aromatic N) is 1. The lowest BCUT2D eigenvalue weighted by molar-refractivity contribution is -0.133. The third kappa shape index (κ3) is 5.10. The molecule has 3 aromatic rings. The highest BCUT2D eigenvalue weighted by Gasteiger charge is 2.40. The summed E-state index contributed by atoms with van der Waals surface area (Å²) in [6, 6.07) is 15.6. The Kier molecular flexibility index (Phi) is 6.86. The second-order valence-electron chi connectivity index (χ2n) is 9.41. The Hall–Kier alpha value is -3.58. The molecule has 1 aromatic heterocycles. The van der Waals surface area contributed by atoms with Gasteiger partial charge in [0, 0.05) is 36.7 Å². The van der Waals surface area contributed by atoms with Crippen LogP contribution in [0.4, 0.5) is 0 Å². The lowest BCUT2D eigenvalue weighted by atomic mass is 9.74. The van der Waals surface area contributed by atoms with Crippen molar-refractivity contribution in [2.24, 2.45) is 5.41 Å². The summed E-state index contributed by atoms with van der Waals surface area (Å²) < 4.78 is 5.86. The van der Waals surface area contributed by atoms with Crippen LogP contribution in [0.15, 0.2) is 66.9 Å². The number of para-hydroxylation sites is 2. The van der Waals surface area contributed by atoms with Crippen LogP contribution < -0.4 is 15.4 Å². The van der Waals surface area contributed by atoms with Crippen molar-refractivity contribution in [2.75, 3.05) is 32.8 Å². The number of fused-ring (bicyclic) bond motifs is 2. The molecule has 35 heavy (non-hydrogen) atoms. The van der Waals surface area contributed by atoms with Crippen molar-refractivity contribution in [1.82, 2.24) is 20.5 Å². The van der Waals surface area contributed by atoms with Gasteiger partial charge in [-0.1, -0.05) is 42.5 Å². The second-order valence-corrected chi connectivity index (χ2v) is 9.41. The van der Waals surface area contributed by atoms with Gasteiger partial charge in [-0.25, -0.2) is 0 Å². The van der Waals surface area contributed by atoms with E-state index in [0.717, 1.165) is 38.0 Å². The molecule has 0 atom stereocenters. The summed E-state index contributed by atoms with van der Waals surface area (Å²) in [4.78, 5) is 31.7. The smallest absolute Gasteiger partial charge is 0.255 e. The fourth-order valence-corrected chi connectivity index (χ4v) is 5.10. The van der Waals surface area contributed by atoms with E-state index in [1.165, 1.54) is 10.9 Å². The minimum atomic E-state index is -0.445. The lowest BCUT2D eigenvalue weighted by Gasteiger charge is -2.40. The Morgan fingerprint density at radius 1 is 0.914 bits per heavy atom. The van der Waals surface area contributed by atoms with E-state index in [0.29, 0.717) is 37.4 Å². The van der Waals surface area contributed by atoms with E-state index in [9.17, 15) is 9.59 Å². The van der Waals surface area contributed by atoms with Crippen molar-refractivity contribution < 1.29 is 14.3 Å². The number of nitrogens with one attached hydrogen (secondary N) is 3.